The summed E-state index contributed by atoms with van der Waals surface area (Å²) in [6, 6.07) is 0. The fourth-order valence-corrected chi connectivity index (χ4v) is 2.60. The molecule has 0 bridgehead atoms. The van der Waals surface area contributed by atoms with Crippen molar-refractivity contribution in [2.45, 2.75) is 53.6 Å². The van der Waals surface area contributed by atoms with E-state index in [2.05, 4.69) is 64.3 Å². The lowest BCUT2D eigenvalue weighted by Gasteiger charge is -2.50. The Morgan fingerprint density at radius 2 is 1.43 bits per heavy atom. The zero-order valence-electron chi connectivity index (χ0n) is 10.9. The van der Waals surface area contributed by atoms with Gasteiger partial charge in [-0.2, -0.15) is 0 Å². The molecule has 2 atom stereocenters. The molecule has 0 saturated carbocycles. The smallest absolute Gasteiger partial charge is 0.0127 e. The SMILES string of the molecule is C=C(C)C(P)(C(C)C)C(C)(C)C(C)C. The molecule has 0 spiro atoms. The van der Waals surface area contributed by atoms with Crippen molar-refractivity contribution in [2.75, 3.05) is 0 Å². The molecule has 0 aromatic heterocycles. The van der Waals surface area contributed by atoms with Crippen LogP contribution in [0.2, 0.25) is 0 Å². The minimum absolute atomic E-state index is 0.140. The Hall–Kier alpha value is 0.170. The number of hydrogen-bond donors (Lipinski definition) is 0. The Bertz CT molecular complexity index is 213. The fourth-order valence-electron chi connectivity index (χ4n) is 2.26. The molecule has 2 unspecified atom stereocenters. The van der Waals surface area contributed by atoms with E-state index in [0.29, 0.717) is 11.8 Å². The average Bonchev–Trinajstić information content (AvgIpc) is 2.01. The molecule has 1 heteroatoms. The van der Waals surface area contributed by atoms with Crippen molar-refractivity contribution in [3.8, 4) is 0 Å². The van der Waals surface area contributed by atoms with Crippen LogP contribution in [0.15, 0.2) is 12.2 Å². The van der Waals surface area contributed by atoms with Gasteiger partial charge in [-0.05, 0) is 24.2 Å². The molecule has 0 amide bonds. The third-order valence-corrected chi connectivity index (χ3v) is 6.03. The first-order valence-corrected chi connectivity index (χ1v) is 6.11. The van der Waals surface area contributed by atoms with Crippen LogP contribution in [-0.4, -0.2) is 5.16 Å². The van der Waals surface area contributed by atoms with Gasteiger partial charge in [0.05, 0.1) is 0 Å². The highest BCUT2D eigenvalue weighted by Crippen LogP contribution is 2.52. The molecule has 0 saturated heterocycles. The van der Waals surface area contributed by atoms with Crippen LogP contribution in [0, 0.1) is 17.3 Å². The first-order valence-electron chi connectivity index (χ1n) is 5.53. The molecule has 0 rings (SSSR count). The molecule has 0 N–H and O–H groups in total. The second-order valence-corrected chi connectivity index (χ2v) is 6.59. The first-order chi connectivity index (χ1) is 6.08. The highest BCUT2D eigenvalue weighted by molar-refractivity contribution is 7.19. The minimum Gasteiger partial charge on any atom is -0.126 e. The summed E-state index contributed by atoms with van der Waals surface area (Å²) in [5, 5.41) is 0.140. The fraction of sp³-hybridized carbons (Fsp3) is 0.846. The molecule has 0 aliphatic rings. The van der Waals surface area contributed by atoms with Crippen LogP contribution < -0.4 is 0 Å². The minimum atomic E-state index is 0.140. The number of hydrogen-bond acceptors (Lipinski definition) is 0. The lowest BCUT2D eigenvalue weighted by molar-refractivity contribution is 0.154. The zero-order chi connectivity index (χ0) is 11.7. The van der Waals surface area contributed by atoms with E-state index in [1.807, 2.05) is 0 Å². The van der Waals surface area contributed by atoms with Gasteiger partial charge in [0, 0.05) is 5.16 Å². The zero-order valence-corrected chi connectivity index (χ0v) is 12.1. The molecule has 0 radical (unpaired) electrons. The summed E-state index contributed by atoms with van der Waals surface area (Å²) in [6.07, 6.45) is 0. The predicted molar refractivity (Wildman–Crippen MR) is 70.7 cm³/mol. The summed E-state index contributed by atoms with van der Waals surface area (Å²) in [5.41, 5.74) is 1.54. The molecule has 0 aromatic carbocycles. The Morgan fingerprint density at radius 1 is 1.07 bits per heavy atom. The van der Waals surface area contributed by atoms with Crippen LogP contribution in [-0.2, 0) is 0 Å². The average molecular weight is 214 g/mol. The Balaban J connectivity index is 5.32. The Labute approximate surface area is 92.8 Å². The van der Waals surface area contributed by atoms with Crippen LogP contribution in [0.25, 0.3) is 0 Å². The maximum atomic E-state index is 4.18. The van der Waals surface area contributed by atoms with Crippen molar-refractivity contribution in [2.24, 2.45) is 17.3 Å². The van der Waals surface area contributed by atoms with Crippen LogP contribution in [0.3, 0.4) is 0 Å². The van der Waals surface area contributed by atoms with E-state index < -0.39 is 0 Å². The summed E-state index contributed by atoms with van der Waals surface area (Å²) in [4.78, 5) is 0. The summed E-state index contributed by atoms with van der Waals surface area (Å²) >= 11 is 0. The maximum Gasteiger partial charge on any atom is 0.0127 e. The van der Waals surface area contributed by atoms with E-state index in [1.54, 1.807) is 0 Å². The van der Waals surface area contributed by atoms with Gasteiger partial charge in [0.2, 0.25) is 0 Å². The first kappa shape index (κ1) is 14.2. The summed E-state index contributed by atoms with van der Waals surface area (Å²) in [5.74, 6) is 1.25. The van der Waals surface area contributed by atoms with E-state index in [1.165, 1.54) is 5.57 Å². The van der Waals surface area contributed by atoms with Gasteiger partial charge >= 0.3 is 0 Å². The van der Waals surface area contributed by atoms with Gasteiger partial charge in [0.15, 0.2) is 0 Å². The molecular formula is C13H27P. The third-order valence-electron chi connectivity index (χ3n) is 4.13. The van der Waals surface area contributed by atoms with Crippen LogP contribution in [0.4, 0.5) is 0 Å². The molecule has 14 heavy (non-hydrogen) atoms. The van der Waals surface area contributed by atoms with Crippen LogP contribution >= 0.6 is 9.24 Å². The highest BCUT2D eigenvalue weighted by atomic mass is 31.0. The van der Waals surface area contributed by atoms with E-state index >= 15 is 0 Å². The number of allylic oxidation sites excluding steroid dienone is 1. The largest absolute Gasteiger partial charge is 0.126 e. The maximum absolute atomic E-state index is 4.18. The van der Waals surface area contributed by atoms with Crippen molar-refractivity contribution < 1.29 is 0 Å². The van der Waals surface area contributed by atoms with Gasteiger partial charge in [-0.3, -0.25) is 0 Å². The molecule has 0 nitrogen and oxygen atoms in total. The van der Waals surface area contributed by atoms with Gasteiger partial charge in [-0.25, -0.2) is 0 Å². The van der Waals surface area contributed by atoms with Gasteiger partial charge in [-0.15, -0.1) is 9.24 Å². The van der Waals surface area contributed by atoms with E-state index in [0.717, 1.165) is 0 Å². The molecule has 0 aliphatic carbocycles. The van der Waals surface area contributed by atoms with Gasteiger partial charge in [0.1, 0.15) is 0 Å². The Kier molecular flexibility index (Phi) is 4.41. The lowest BCUT2D eigenvalue weighted by atomic mass is 9.63. The van der Waals surface area contributed by atoms with E-state index in [-0.39, 0.29) is 10.6 Å². The van der Waals surface area contributed by atoms with Gasteiger partial charge < -0.3 is 0 Å². The van der Waals surface area contributed by atoms with Crippen LogP contribution in [0.1, 0.15) is 48.5 Å². The molecule has 84 valence electrons. The van der Waals surface area contributed by atoms with E-state index in [9.17, 15) is 0 Å². The monoisotopic (exact) mass is 214 g/mol. The summed E-state index contributed by atoms with van der Waals surface area (Å²) in [6.45, 7) is 20.2. The van der Waals surface area contributed by atoms with Crippen molar-refractivity contribution >= 4 is 9.24 Å². The summed E-state index contributed by atoms with van der Waals surface area (Å²) in [7, 11) is 3.06. The van der Waals surface area contributed by atoms with Crippen molar-refractivity contribution in [3.63, 3.8) is 0 Å². The normalized spacial score (nSPS) is 17.3. The predicted octanol–water partition coefficient (Wildman–Crippen LogP) is 4.51. The second-order valence-electron chi connectivity index (χ2n) is 5.68. The molecular weight excluding hydrogens is 187 g/mol. The summed E-state index contributed by atoms with van der Waals surface area (Å²) < 4.78 is 0. The topological polar surface area (TPSA) is 0 Å². The van der Waals surface area contributed by atoms with Crippen molar-refractivity contribution in [3.05, 3.63) is 12.2 Å². The van der Waals surface area contributed by atoms with Crippen molar-refractivity contribution in [1.82, 2.24) is 0 Å². The number of rotatable bonds is 4. The van der Waals surface area contributed by atoms with Crippen LogP contribution in [0.5, 0.6) is 0 Å². The molecule has 0 aliphatic heterocycles. The third kappa shape index (κ3) is 2.06. The van der Waals surface area contributed by atoms with Gasteiger partial charge in [0.25, 0.3) is 0 Å². The molecule has 0 aromatic rings. The van der Waals surface area contributed by atoms with E-state index in [4.69, 9.17) is 0 Å². The molecule has 0 fully saturated rings. The quantitative estimate of drug-likeness (QED) is 0.477. The lowest BCUT2D eigenvalue weighted by Crippen LogP contribution is -2.47. The second kappa shape index (κ2) is 4.35. The van der Waals surface area contributed by atoms with Gasteiger partial charge in [-0.1, -0.05) is 53.7 Å². The van der Waals surface area contributed by atoms with Crippen molar-refractivity contribution in [1.29, 1.82) is 0 Å². The Morgan fingerprint density at radius 3 is 1.50 bits per heavy atom. The highest BCUT2D eigenvalue weighted by Gasteiger charge is 2.45. The molecule has 0 heterocycles. The standard InChI is InChI=1S/C13H27P/c1-9(2)12(7,8)13(14,10(3)4)11(5)6/h9,11H,3,14H2,1-2,4-8H3.